The smallest absolute Gasteiger partial charge is 0.0693 e. The molecule has 2 nitrogen and oxygen atoms in total. The van der Waals surface area contributed by atoms with Crippen LogP contribution in [-0.2, 0) is 4.74 Å². The lowest BCUT2D eigenvalue weighted by molar-refractivity contribution is 0.150. The molecule has 1 aromatic rings. The number of thiophene rings is 1. The van der Waals surface area contributed by atoms with Crippen molar-refractivity contribution < 1.29 is 4.74 Å². The summed E-state index contributed by atoms with van der Waals surface area (Å²) in [6.45, 7) is 2.58. The number of hydrogen-bond donors (Lipinski definition) is 1. The molecule has 1 aromatic heterocycles. The highest BCUT2D eigenvalue weighted by atomic mass is 32.1. The second kappa shape index (κ2) is 4.44. The van der Waals surface area contributed by atoms with Crippen molar-refractivity contribution >= 4 is 17.0 Å². The second-order valence-corrected chi connectivity index (χ2v) is 3.85. The molecule has 0 radical (unpaired) electrons. The van der Waals surface area contributed by atoms with Crippen LogP contribution in [0.3, 0.4) is 0 Å². The molecule has 0 unspecified atom stereocenters. The van der Waals surface area contributed by atoms with E-state index in [1.807, 2.05) is 0 Å². The van der Waals surface area contributed by atoms with Crippen molar-refractivity contribution in [3.05, 3.63) is 28.5 Å². The van der Waals surface area contributed by atoms with Crippen molar-refractivity contribution in [1.29, 1.82) is 0 Å². The Balaban J connectivity index is 1.82. The van der Waals surface area contributed by atoms with Gasteiger partial charge in [0.2, 0.25) is 0 Å². The maximum atomic E-state index is 5.35. The quantitative estimate of drug-likeness (QED) is 0.748. The van der Waals surface area contributed by atoms with Gasteiger partial charge in [-0.3, -0.25) is 0 Å². The fraction of sp³-hybridized carbons (Fsp3) is 0.400. The third kappa shape index (κ3) is 2.57. The maximum Gasteiger partial charge on any atom is 0.0693 e. The minimum absolute atomic E-state index is 0.789. The van der Waals surface area contributed by atoms with Gasteiger partial charge in [-0.1, -0.05) is 6.08 Å². The standard InChI is InChI=1S/C10H13NOS/c1-2-9(7-12-4-1)6-11-10-3-5-13-8-10/h2-3,5,8,11H,1,4,6-7H2. The zero-order valence-corrected chi connectivity index (χ0v) is 8.27. The van der Waals surface area contributed by atoms with E-state index in [2.05, 4.69) is 28.2 Å². The van der Waals surface area contributed by atoms with Crippen molar-refractivity contribution in [2.75, 3.05) is 25.1 Å². The van der Waals surface area contributed by atoms with Crippen LogP contribution in [0.4, 0.5) is 5.69 Å². The molecule has 1 aliphatic rings. The summed E-state index contributed by atoms with van der Waals surface area (Å²) in [6, 6.07) is 2.09. The summed E-state index contributed by atoms with van der Waals surface area (Å²) >= 11 is 1.71. The summed E-state index contributed by atoms with van der Waals surface area (Å²) in [6.07, 6.45) is 3.32. The highest BCUT2D eigenvalue weighted by Crippen LogP contribution is 2.13. The van der Waals surface area contributed by atoms with Crippen molar-refractivity contribution in [3.63, 3.8) is 0 Å². The Morgan fingerprint density at radius 2 is 2.54 bits per heavy atom. The van der Waals surface area contributed by atoms with E-state index < -0.39 is 0 Å². The summed E-state index contributed by atoms with van der Waals surface area (Å²) in [5.41, 5.74) is 2.56. The van der Waals surface area contributed by atoms with E-state index in [-0.39, 0.29) is 0 Å². The highest BCUT2D eigenvalue weighted by Gasteiger charge is 2.02. The summed E-state index contributed by atoms with van der Waals surface area (Å²) in [5, 5.41) is 7.55. The van der Waals surface area contributed by atoms with Gasteiger partial charge in [0.1, 0.15) is 0 Å². The molecular weight excluding hydrogens is 182 g/mol. The van der Waals surface area contributed by atoms with E-state index in [4.69, 9.17) is 4.74 Å². The largest absolute Gasteiger partial charge is 0.381 e. The summed E-state index contributed by atoms with van der Waals surface area (Å²) in [5.74, 6) is 0. The third-order valence-corrected chi connectivity index (χ3v) is 2.71. The first-order valence-corrected chi connectivity index (χ1v) is 5.41. The van der Waals surface area contributed by atoms with Gasteiger partial charge >= 0.3 is 0 Å². The number of rotatable bonds is 3. The molecule has 70 valence electrons. The molecule has 3 heteroatoms. The van der Waals surface area contributed by atoms with Crippen LogP contribution in [-0.4, -0.2) is 19.8 Å². The Hall–Kier alpha value is -0.800. The molecule has 2 rings (SSSR count). The second-order valence-electron chi connectivity index (χ2n) is 3.07. The van der Waals surface area contributed by atoms with E-state index in [1.165, 1.54) is 11.3 Å². The van der Waals surface area contributed by atoms with Gasteiger partial charge in [-0.2, -0.15) is 11.3 Å². The molecule has 0 aliphatic carbocycles. The van der Waals surface area contributed by atoms with Crippen molar-refractivity contribution in [1.82, 2.24) is 0 Å². The lowest BCUT2D eigenvalue weighted by atomic mass is 10.2. The molecule has 0 saturated carbocycles. The predicted octanol–water partition coefficient (Wildman–Crippen LogP) is 2.51. The molecule has 0 aromatic carbocycles. The average molecular weight is 195 g/mol. The Kier molecular flexibility index (Phi) is 3.00. The van der Waals surface area contributed by atoms with Gasteiger partial charge in [-0.05, 0) is 23.4 Å². The molecular formula is C10H13NOS. The van der Waals surface area contributed by atoms with E-state index >= 15 is 0 Å². The number of ether oxygens (including phenoxy) is 1. The number of hydrogen-bond acceptors (Lipinski definition) is 3. The van der Waals surface area contributed by atoms with Gasteiger partial charge in [0.15, 0.2) is 0 Å². The van der Waals surface area contributed by atoms with Crippen LogP contribution in [0, 0.1) is 0 Å². The van der Waals surface area contributed by atoms with Crippen molar-refractivity contribution in [2.24, 2.45) is 0 Å². The van der Waals surface area contributed by atoms with Gasteiger partial charge in [0, 0.05) is 17.6 Å². The van der Waals surface area contributed by atoms with Crippen LogP contribution in [0.1, 0.15) is 6.42 Å². The SMILES string of the molecule is C1=C(CNc2ccsc2)COCC1. The predicted molar refractivity (Wildman–Crippen MR) is 56.3 cm³/mol. The lowest BCUT2D eigenvalue weighted by Gasteiger charge is -2.14. The van der Waals surface area contributed by atoms with Crippen LogP contribution in [0.25, 0.3) is 0 Å². The maximum absolute atomic E-state index is 5.35. The molecule has 0 atom stereocenters. The summed E-state index contributed by atoms with van der Waals surface area (Å²) in [4.78, 5) is 0. The number of anilines is 1. The molecule has 0 fully saturated rings. The molecule has 1 aliphatic heterocycles. The minimum atomic E-state index is 0.789. The Morgan fingerprint density at radius 3 is 3.23 bits per heavy atom. The third-order valence-electron chi connectivity index (χ3n) is 2.02. The Bertz CT molecular complexity index is 279. The van der Waals surface area contributed by atoms with Crippen LogP contribution >= 0.6 is 11.3 Å². The van der Waals surface area contributed by atoms with Gasteiger partial charge in [-0.25, -0.2) is 0 Å². The van der Waals surface area contributed by atoms with Crippen molar-refractivity contribution in [2.45, 2.75) is 6.42 Å². The first-order chi connectivity index (χ1) is 6.45. The zero-order valence-electron chi connectivity index (χ0n) is 7.45. The van der Waals surface area contributed by atoms with Crippen LogP contribution < -0.4 is 5.32 Å². The Labute approximate surface area is 82.2 Å². The number of nitrogens with one attached hydrogen (secondary N) is 1. The molecule has 1 N–H and O–H groups in total. The molecule has 0 spiro atoms. The molecule has 13 heavy (non-hydrogen) atoms. The first kappa shape index (κ1) is 8.78. The van der Waals surface area contributed by atoms with Crippen molar-refractivity contribution in [3.8, 4) is 0 Å². The van der Waals surface area contributed by atoms with E-state index in [9.17, 15) is 0 Å². The monoisotopic (exact) mass is 195 g/mol. The molecule has 0 saturated heterocycles. The van der Waals surface area contributed by atoms with Gasteiger partial charge in [-0.15, -0.1) is 0 Å². The lowest BCUT2D eigenvalue weighted by Crippen LogP contribution is -2.13. The summed E-state index contributed by atoms with van der Waals surface area (Å²) < 4.78 is 5.35. The molecule has 0 amide bonds. The van der Waals surface area contributed by atoms with E-state index in [0.29, 0.717) is 0 Å². The first-order valence-electron chi connectivity index (χ1n) is 4.47. The minimum Gasteiger partial charge on any atom is -0.381 e. The van der Waals surface area contributed by atoms with Gasteiger partial charge in [0.05, 0.1) is 13.2 Å². The van der Waals surface area contributed by atoms with Crippen LogP contribution in [0.2, 0.25) is 0 Å². The zero-order chi connectivity index (χ0) is 8.93. The van der Waals surface area contributed by atoms with Gasteiger partial charge in [0.25, 0.3) is 0 Å². The topological polar surface area (TPSA) is 21.3 Å². The van der Waals surface area contributed by atoms with E-state index in [1.54, 1.807) is 11.3 Å². The van der Waals surface area contributed by atoms with E-state index in [0.717, 1.165) is 26.2 Å². The van der Waals surface area contributed by atoms with Gasteiger partial charge < -0.3 is 10.1 Å². The molecule has 0 bridgehead atoms. The highest BCUT2D eigenvalue weighted by molar-refractivity contribution is 7.08. The fourth-order valence-electron chi connectivity index (χ4n) is 1.31. The Morgan fingerprint density at radius 1 is 1.54 bits per heavy atom. The average Bonchev–Trinajstić information content (AvgIpc) is 2.69. The fourth-order valence-corrected chi connectivity index (χ4v) is 1.92. The summed E-state index contributed by atoms with van der Waals surface area (Å²) in [7, 11) is 0. The normalized spacial score (nSPS) is 16.8. The molecule has 2 heterocycles. The van der Waals surface area contributed by atoms with Crippen LogP contribution in [0.5, 0.6) is 0 Å². The van der Waals surface area contributed by atoms with Crippen LogP contribution in [0.15, 0.2) is 28.5 Å².